The molecule has 0 saturated heterocycles. The monoisotopic (exact) mass is 274 g/mol. The Kier molecular flexibility index (Phi) is 2.67. The Hall–Kier alpha value is -2.84. The minimum Gasteiger partial charge on any atom is -0.462 e. The van der Waals surface area contributed by atoms with Gasteiger partial charge in [-0.15, -0.1) is 10.2 Å². The topological polar surface area (TPSA) is 104 Å². The molecule has 0 aliphatic heterocycles. The fourth-order valence-electron chi connectivity index (χ4n) is 1.80. The molecule has 0 aromatic carbocycles. The van der Waals surface area contributed by atoms with Crippen LogP contribution in [0.5, 0.6) is 0 Å². The van der Waals surface area contributed by atoms with Crippen LogP contribution in [0.25, 0.3) is 16.8 Å². The second kappa shape index (κ2) is 4.37. The molecule has 0 aliphatic carbocycles. The molecule has 0 saturated carbocycles. The number of ether oxygens (including phenoxy) is 1. The lowest BCUT2D eigenvalue weighted by atomic mass is 10.3. The third-order valence-electron chi connectivity index (χ3n) is 2.77. The minimum atomic E-state index is -0.542. The Labute approximate surface area is 111 Å². The predicted molar refractivity (Wildman–Crippen MR) is 67.3 cm³/mol. The summed E-state index contributed by atoms with van der Waals surface area (Å²) in [4.78, 5) is 27.7. The maximum absolute atomic E-state index is 11.9. The number of esters is 1. The van der Waals surface area contributed by atoms with Crippen molar-refractivity contribution < 1.29 is 9.53 Å². The number of fused-ring (bicyclic) bond motifs is 3. The molecule has 3 heterocycles. The molecule has 9 nitrogen and oxygen atoms in total. The van der Waals surface area contributed by atoms with E-state index in [1.165, 1.54) is 21.6 Å². The quantitative estimate of drug-likeness (QED) is 0.583. The Bertz CT molecular complexity index is 881. The molecular weight excluding hydrogens is 264 g/mol. The third-order valence-corrected chi connectivity index (χ3v) is 2.77. The lowest BCUT2D eigenvalue weighted by Gasteiger charge is -2.01. The van der Waals surface area contributed by atoms with E-state index in [4.69, 9.17) is 4.74 Å². The van der Waals surface area contributed by atoms with Crippen LogP contribution in [-0.4, -0.2) is 41.9 Å². The van der Waals surface area contributed by atoms with E-state index in [1.54, 1.807) is 14.0 Å². The zero-order chi connectivity index (χ0) is 14.3. The minimum absolute atomic E-state index is 0.0843. The van der Waals surface area contributed by atoms with Crippen LogP contribution in [0, 0.1) is 0 Å². The second-order valence-electron chi connectivity index (χ2n) is 4.05. The first kappa shape index (κ1) is 12.2. The van der Waals surface area contributed by atoms with Gasteiger partial charge in [-0.1, -0.05) is 0 Å². The molecule has 0 spiro atoms. The number of hydrogen-bond donors (Lipinski definition) is 0. The highest BCUT2D eigenvalue weighted by molar-refractivity contribution is 5.96. The van der Waals surface area contributed by atoms with E-state index in [1.807, 2.05) is 0 Å². The molecule has 0 bridgehead atoms. The summed E-state index contributed by atoms with van der Waals surface area (Å²) in [6.07, 6.45) is 2.68. The van der Waals surface area contributed by atoms with Gasteiger partial charge in [-0.25, -0.2) is 9.78 Å². The molecule has 0 radical (unpaired) electrons. The van der Waals surface area contributed by atoms with Gasteiger partial charge in [0.05, 0.1) is 19.1 Å². The summed E-state index contributed by atoms with van der Waals surface area (Å²) in [5.74, 6) is -0.542. The summed E-state index contributed by atoms with van der Waals surface area (Å²) in [6.45, 7) is 1.95. The molecule has 20 heavy (non-hydrogen) atoms. The van der Waals surface area contributed by atoms with Gasteiger partial charge in [-0.05, 0) is 6.92 Å². The van der Waals surface area contributed by atoms with Gasteiger partial charge in [0.2, 0.25) is 0 Å². The van der Waals surface area contributed by atoms with E-state index < -0.39 is 5.97 Å². The van der Waals surface area contributed by atoms with E-state index in [2.05, 4.69) is 20.3 Å². The first-order valence-electron chi connectivity index (χ1n) is 5.86. The maximum atomic E-state index is 11.9. The Morgan fingerprint density at radius 2 is 2.15 bits per heavy atom. The van der Waals surface area contributed by atoms with Crippen molar-refractivity contribution in [2.75, 3.05) is 6.61 Å². The largest absolute Gasteiger partial charge is 0.462 e. The normalized spacial score (nSPS) is 11.1. The van der Waals surface area contributed by atoms with E-state index in [0.29, 0.717) is 0 Å². The first-order chi connectivity index (χ1) is 9.63. The lowest BCUT2D eigenvalue weighted by molar-refractivity contribution is 0.0528. The van der Waals surface area contributed by atoms with Gasteiger partial charge in [0.25, 0.3) is 5.56 Å². The number of aromatic nitrogens is 6. The van der Waals surface area contributed by atoms with E-state index in [9.17, 15) is 9.59 Å². The molecule has 0 atom stereocenters. The first-order valence-corrected chi connectivity index (χ1v) is 5.86. The van der Waals surface area contributed by atoms with Crippen molar-refractivity contribution in [1.82, 2.24) is 29.4 Å². The predicted octanol–water partition coefficient (Wildman–Crippen LogP) is -0.452. The molecule has 9 heteroatoms. The van der Waals surface area contributed by atoms with Gasteiger partial charge >= 0.3 is 5.97 Å². The van der Waals surface area contributed by atoms with Gasteiger partial charge in [0.15, 0.2) is 16.8 Å². The van der Waals surface area contributed by atoms with Crippen molar-refractivity contribution in [2.24, 2.45) is 7.05 Å². The van der Waals surface area contributed by atoms with Crippen molar-refractivity contribution in [3.8, 4) is 0 Å². The van der Waals surface area contributed by atoms with Gasteiger partial charge in [-0.3, -0.25) is 4.79 Å². The Morgan fingerprint density at radius 3 is 2.90 bits per heavy atom. The maximum Gasteiger partial charge on any atom is 0.343 e. The SMILES string of the molecule is CCOC(=O)c1cnn2c1nnc1c(=O)n(C)cnc12. The fourth-order valence-corrected chi connectivity index (χ4v) is 1.80. The van der Waals surface area contributed by atoms with Crippen LogP contribution < -0.4 is 5.56 Å². The number of carbonyl (C=O) groups is 1. The molecule has 0 amide bonds. The summed E-state index contributed by atoms with van der Waals surface area (Å²) in [7, 11) is 1.56. The van der Waals surface area contributed by atoms with Crippen LogP contribution in [-0.2, 0) is 11.8 Å². The highest BCUT2D eigenvalue weighted by Gasteiger charge is 2.18. The van der Waals surface area contributed by atoms with Crippen molar-refractivity contribution in [2.45, 2.75) is 6.92 Å². The van der Waals surface area contributed by atoms with E-state index in [0.717, 1.165) is 0 Å². The van der Waals surface area contributed by atoms with Crippen molar-refractivity contribution in [1.29, 1.82) is 0 Å². The van der Waals surface area contributed by atoms with Crippen LogP contribution in [0.4, 0.5) is 0 Å². The van der Waals surface area contributed by atoms with Gasteiger partial charge in [0.1, 0.15) is 5.56 Å². The zero-order valence-corrected chi connectivity index (χ0v) is 10.8. The summed E-state index contributed by atoms with van der Waals surface area (Å²) in [6, 6.07) is 0. The average molecular weight is 274 g/mol. The van der Waals surface area contributed by atoms with Crippen LogP contribution in [0.15, 0.2) is 17.3 Å². The average Bonchev–Trinajstić information content (AvgIpc) is 2.87. The summed E-state index contributed by atoms with van der Waals surface area (Å²) < 4.78 is 7.49. The van der Waals surface area contributed by atoms with E-state index >= 15 is 0 Å². The highest BCUT2D eigenvalue weighted by atomic mass is 16.5. The number of carbonyl (C=O) groups excluding carboxylic acids is 1. The van der Waals surface area contributed by atoms with Crippen LogP contribution >= 0.6 is 0 Å². The van der Waals surface area contributed by atoms with Crippen LogP contribution in [0.3, 0.4) is 0 Å². The Morgan fingerprint density at radius 1 is 1.35 bits per heavy atom. The molecular formula is C11H10N6O3. The molecule has 0 aliphatic rings. The van der Waals surface area contributed by atoms with E-state index in [-0.39, 0.29) is 34.5 Å². The standard InChI is InChI=1S/C11H10N6O3/c1-3-20-11(19)6-4-13-17-8(6)15-14-7-9(17)12-5-16(2)10(7)18/h4-5H,3H2,1-2H3. The zero-order valence-electron chi connectivity index (χ0n) is 10.8. The molecule has 0 unspecified atom stereocenters. The molecule has 102 valence electrons. The van der Waals surface area contributed by atoms with Crippen LogP contribution in [0.2, 0.25) is 0 Å². The van der Waals surface area contributed by atoms with Gasteiger partial charge < -0.3 is 9.30 Å². The highest BCUT2D eigenvalue weighted by Crippen LogP contribution is 2.12. The molecule has 3 aromatic rings. The van der Waals surface area contributed by atoms with Crippen molar-refractivity contribution >= 4 is 22.8 Å². The number of hydrogen-bond acceptors (Lipinski definition) is 7. The van der Waals surface area contributed by atoms with Crippen molar-refractivity contribution in [3.63, 3.8) is 0 Å². The van der Waals surface area contributed by atoms with Gasteiger partial charge in [-0.2, -0.15) is 9.61 Å². The molecule has 0 fully saturated rings. The molecule has 3 rings (SSSR count). The summed E-state index contributed by atoms with van der Waals surface area (Å²) in [5, 5.41) is 11.7. The second-order valence-corrected chi connectivity index (χ2v) is 4.05. The molecule has 3 aromatic heterocycles. The molecule has 0 N–H and O–H groups in total. The third kappa shape index (κ3) is 1.63. The summed E-state index contributed by atoms with van der Waals surface area (Å²) >= 11 is 0. The number of aryl methyl sites for hydroxylation is 1. The smallest absolute Gasteiger partial charge is 0.343 e. The Balaban J connectivity index is 2.32. The van der Waals surface area contributed by atoms with Gasteiger partial charge in [0, 0.05) is 7.05 Å². The van der Waals surface area contributed by atoms with Crippen molar-refractivity contribution in [3.05, 3.63) is 28.4 Å². The number of rotatable bonds is 2. The lowest BCUT2D eigenvalue weighted by Crippen LogP contribution is -2.20. The van der Waals surface area contributed by atoms with Crippen LogP contribution in [0.1, 0.15) is 17.3 Å². The fraction of sp³-hybridized carbons (Fsp3) is 0.273. The summed E-state index contributed by atoms with van der Waals surface area (Å²) in [5.41, 5.74) is 0.382. The number of nitrogens with zero attached hydrogens (tertiary/aromatic N) is 6.